The fraction of sp³-hybridized carbons (Fsp3) is 0.526. The Morgan fingerprint density at radius 3 is 2.29 bits per heavy atom. The molecule has 5 heteroatoms. The van der Waals surface area contributed by atoms with Crippen LogP contribution in [-0.2, 0) is 9.31 Å². The van der Waals surface area contributed by atoms with Crippen LogP contribution < -0.4 is 5.46 Å². The SMILES string of the molecule is CCOB(OC(C)(C)CC)c1ccc(-c2cnn(C(C)C)c2)cc1. The lowest BCUT2D eigenvalue weighted by molar-refractivity contribution is 0.0706. The van der Waals surface area contributed by atoms with Gasteiger partial charge >= 0.3 is 7.12 Å². The van der Waals surface area contributed by atoms with Gasteiger partial charge in [-0.2, -0.15) is 5.10 Å². The lowest BCUT2D eigenvalue weighted by Gasteiger charge is -2.28. The maximum atomic E-state index is 6.16. The van der Waals surface area contributed by atoms with E-state index in [0.717, 1.165) is 23.0 Å². The second-order valence-corrected chi connectivity index (χ2v) is 6.94. The molecule has 2 rings (SSSR count). The highest BCUT2D eigenvalue weighted by atomic mass is 16.6. The molecule has 1 aromatic heterocycles. The maximum absolute atomic E-state index is 6.16. The van der Waals surface area contributed by atoms with Crippen molar-refractivity contribution in [1.29, 1.82) is 0 Å². The molecule has 0 aliphatic rings. The summed E-state index contributed by atoms with van der Waals surface area (Å²) in [5.41, 5.74) is 3.10. The van der Waals surface area contributed by atoms with Gasteiger partial charge in [-0.3, -0.25) is 4.68 Å². The normalized spacial score (nSPS) is 12.0. The third-order valence-corrected chi connectivity index (χ3v) is 4.24. The Kier molecular flexibility index (Phi) is 6.24. The molecule has 130 valence electrons. The average molecular weight is 328 g/mol. The summed E-state index contributed by atoms with van der Waals surface area (Å²) in [5.74, 6) is 0. The first-order valence-electron chi connectivity index (χ1n) is 8.80. The minimum absolute atomic E-state index is 0.211. The predicted octanol–water partition coefficient (Wildman–Crippen LogP) is 4.07. The summed E-state index contributed by atoms with van der Waals surface area (Å²) in [5, 5.41) is 4.41. The molecular weight excluding hydrogens is 299 g/mol. The fourth-order valence-corrected chi connectivity index (χ4v) is 2.32. The summed E-state index contributed by atoms with van der Waals surface area (Å²) in [6.45, 7) is 13.2. The molecule has 0 spiro atoms. The zero-order chi connectivity index (χ0) is 17.7. The molecule has 0 radical (unpaired) electrons. The van der Waals surface area contributed by atoms with Gasteiger partial charge in [0, 0.05) is 30.0 Å². The molecule has 0 saturated heterocycles. The first-order chi connectivity index (χ1) is 11.4. The summed E-state index contributed by atoms with van der Waals surface area (Å²) in [4.78, 5) is 0. The largest absolute Gasteiger partial charge is 0.494 e. The van der Waals surface area contributed by atoms with Crippen LogP contribution in [0, 0.1) is 0 Å². The Hall–Kier alpha value is -1.59. The van der Waals surface area contributed by atoms with Crippen LogP contribution in [0.25, 0.3) is 11.1 Å². The standard InChI is InChI=1S/C19H29BN2O2/c1-7-19(5,6)24-20(23-8-2)18-11-9-16(10-12-18)17-13-21-22(14-17)15(3)4/h9-15H,7-8H2,1-6H3. The Morgan fingerprint density at radius 2 is 1.79 bits per heavy atom. The van der Waals surface area contributed by atoms with Crippen molar-refractivity contribution in [2.24, 2.45) is 0 Å². The van der Waals surface area contributed by atoms with Crippen molar-refractivity contribution in [3.63, 3.8) is 0 Å². The van der Waals surface area contributed by atoms with E-state index in [4.69, 9.17) is 9.31 Å². The molecular formula is C19H29BN2O2. The first-order valence-corrected chi connectivity index (χ1v) is 8.80. The Balaban J connectivity index is 2.18. The molecule has 0 saturated carbocycles. The van der Waals surface area contributed by atoms with Crippen molar-refractivity contribution in [3.8, 4) is 11.1 Å². The van der Waals surface area contributed by atoms with Crippen molar-refractivity contribution in [2.75, 3.05) is 6.61 Å². The molecule has 2 aromatic rings. The summed E-state index contributed by atoms with van der Waals surface area (Å²) in [7, 11) is -0.336. The average Bonchev–Trinajstić information content (AvgIpc) is 3.05. The van der Waals surface area contributed by atoms with Gasteiger partial charge in [0.05, 0.1) is 6.20 Å². The molecule has 0 unspecified atom stereocenters. The van der Waals surface area contributed by atoms with Gasteiger partial charge in [-0.05, 0) is 52.1 Å². The van der Waals surface area contributed by atoms with E-state index in [0.29, 0.717) is 12.6 Å². The zero-order valence-corrected chi connectivity index (χ0v) is 15.7. The van der Waals surface area contributed by atoms with E-state index in [9.17, 15) is 0 Å². The van der Waals surface area contributed by atoms with Crippen molar-refractivity contribution in [2.45, 2.75) is 59.6 Å². The van der Waals surface area contributed by atoms with Crippen LogP contribution in [0.3, 0.4) is 0 Å². The lowest BCUT2D eigenvalue weighted by atomic mass is 9.77. The van der Waals surface area contributed by atoms with E-state index < -0.39 is 0 Å². The topological polar surface area (TPSA) is 36.3 Å². The molecule has 24 heavy (non-hydrogen) atoms. The van der Waals surface area contributed by atoms with Crippen LogP contribution in [-0.4, -0.2) is 29.1 Å². The molecule has 0 aliphatic carbocycles. The van der Waals surface area contributed by atoms with E-state index in [1.54, 1.807) is 0 Å². The van der Waals surface area contributed by atoms with Gasteiger partial charge in [0.2, 0.25) is 0 Å². The van der Waals surface area contributed by atoms with Crippen LogP contribution >= 0.6 is 0 Å². The Labute approximate surface area is 146 Å². The van der Waals surface area contributed by atoms with Gasteiger partial charge in [-0.25, -0.2) is 0 Å². The quantitative estimate of drug-likeness (QED) is 0.686. The first kappa shape index (κ1) is 18.7. The lowest BCUT2D eigenvalue weighted by Crippen LogP contribution is -2.43. The number of benzene rings is 1. The zero-order valence-electron chi connectivity index (χ0n) is 15.7. The Morgan fingerprint density at radius 1 is 1.12 bits per heavy atom. The summed E-state index contributed by atoms with van der Waals surface area (Å²) in [6.07, 6.45) is 4.92. The smallest absolute Gasteiger partial charge is 0.408 e. The van der Waals surface area contributed by atoms with Crippen LogP contribution in [0.5, 0.6) is 0 Å². The van der Waals surface area contributed by atoms with Gasteiger partial charge in [-0.15, -0.1) is 0 Å². The number of rotatable bonds is 8. The van der Waals surface area contributed by atoms with Crippen LogP contribution in [0.1, 0.15) is 54.0 Å². The molecule has 4 nitrogen and oxygen atoms in total. The number of aromatic nitrogens is 2. The molecule has 0 amide bonds. The minimum atomic E-state index is -0.336. The van der Waals surface area contributed by atoms with Gasteiger partial charge in [0.15, 0.2) is 0 Å². The van der Waals surface area contributed by atoms with Gasteiger partial charge in [0.25, 0.3) is 0 Å². The van der Waals surface area contributed by atoms with E-state index in [2.05, 4.69) is 70.2 Å². The van der Waals surface area contributed by atoms with Crippen molar-refractivity contribution in [3.05, 3.63) is 36.7 Å². The van der Waals surface area contributed by atoms with Gasteiger partial charge in [0.1, 0.15) is 0 Å². The number of hydrogen-bond acceptors (Lipinski definition) is 3. The molecule has 0 bridgehead atoms. The van der Waals surface area contributed by atoms with Crippen LogP contribution in [0.2, 0.25) is 0 Å². The third kappa shape index (κ3) is 4.71. The Bertz CT molecular complexity index is 635. The second-order valence-electron chi connectivity index (χ2n) is 6.94. The highest BCUT2D eigenvalue weighted by Gasteiger charge is 2.28. The number of hydrogen-bond donors (Lipinski definition) is 0. The molecule has 0 atom stereocenters. The molecule has 1 heterocycles. The molecule has 0 fully saturated rings. The second kappa shape index (κ2) is 7.99. The number of nitrogens with zero attached hydrogens (tertiary/aromatic N) is 2. The van der Waals surface area contributed by atoms with E-state index >= 15 is 0 Å². The fourth-order valence-electron chi connectivity index (χ4n) is 2.32. The van der Waals surface area contributed by atoms with Crippen LogP contribution in [0.15, 0.2) is 36.7 Å². The van der Waals surface area contributed by atoms with E-state index in [1.165, 1.54) is 0 Å². The summed E-state index contributed by atoms with van der Waals surface area (Å²) < 4.78 is 13.9. The highest BCUT2D eigenvalue weighted by Crippen LogP contribution is 2.20. The molecule has 0 N–H and O–H groups in total. The highest BCUT2D eigenvalue weighted by molar-refractivity contribution is 6.61. The molecule has 1 aromatic carbocycles. The van der Waals surface area contributed by atoms with E-state index in [1.807, 2.05) is 17.8 Å². The summed E-state index contributed by atoms with van der Waals surface area (Å²) >= 11 is 0. The van der Waals surface area contributed by atoms with Crippen molar-refractivity contribution in [1.82, 2.24) is 9.78 Å². The van der Waals surface area contributed by atoms with Gasteiger partial charge < -0.3 is 9.31 Å². The van der Waals surface area contributed by atoms with Crippen molar-refractivity contribution < 1.29 is 9.31 Å². The maximum Gasteiger partial charge on any atom is 0.494 e. The summed E-state index contributed by atoms with van der Waals surface area (Å²) in [6, 6.07) is 8.73. The minimum Gasteiger partial charge on any atom is -0.408 e. The van der Waals surface area contributed by atoms with Crippen molar-refractivity contribution >= 4 is 12.6 Å². The molecule has 0 aliphatic heterocycles. The predicted molar refractivity (Wildman–Crippen MR) is 101 cm³/mol. The third-order valence-electron chi connectivity index (χ3n) is 4.24. The monoisotopic (exact) mass is 328 g/mol. The van der Waals surface area contributed by atoms with E-state index in [-0.39, 0.29) is 12.7 Å². The van der Waals surface area contributed by atoms with Gasteiger partial charge in [-0.1, -0.05) is 31.2 Å². The van der Waals surface area contributed by atoms with Crippen LogP contribution in [0.4, 0.5) is 0 Å².